The molecule has 0 aromatic heterocycles. The topological polar surface area (TPSA) is 86.7 Å². The molecule has 0 amide bonds. The van der Waals surface area contributed by atoms with Gasteiger partial charge in [-0.05, 0) is 31.6 Å². The first-order chi connectivity index (χ1) is 13.6. The van der Waals surface area contributed by atoms with Crippen LogP contribution in [0.4, 0.5) is 0 Å². The highest BCUT2D eigenvalue weighted by Gasteiger charge is 2.33. The Morgan fingerprint density at radius 3 is 1.32 bits per heavy atom. The number of rotatable bonds is 22. The molecule has 28 heavy (non-hydrogen) atoms. The molecule has 0 fully saturated rings. The number of aliphatic hydroxyl groups is 3. The van der Waals surface area contributed by atoms with Crippen LogP contribution >= 0.6 is 0 Å². The molecule has 5 N–H and O–H groups in total. The van der Waals surface area contributed by atoms with Gasteiger partial charge in [0.05, 0.1) is 0 Å². The molecule has 0 saturated carbocycles. The maximum atomic E-state index is 9.37. The van der Waals surface area contributed by atoms with Crippen molar-refractivity contribution in [3.05, 3.63) is 0 Å². The maximum Gasteiger partial charge on any atom is 0.0448 e. The summed E-state index contributed by atoms with van der Waals surface area (Å²) in [5.74, 6) is 0.175. The molecule has 0 radical (unpaired) electrons. The maximum absolute atomic E-state index is 9.37. The third-order valence-corrected chi connectivity index (χ3v) is 6.35. The van der Waals surface area contributed by atoms with E-state index in [-0.39, 0.29) is 25.7 Å². The van der Waals surface area contributed by atoms with Gasteiger partial charge in [0.15, 0.2) is 0 Å². The van der Waals surface area contributed by atoms with Crippen LogP contribution in [-0.2, 0) is 0 Å². The Kier molecular flexibility index (Phi) is 20.0. The first kappa shape index (κ1) is 27.8. The second kappa shape index (κ2) is 20.1. The standard InChI is InChI=1S/C24H51NO3/c1-2-3-4-5-6-7-8-9-10-11-12-13-14-15-16-23(17-20-26)24(25,18-21-27)19-22-28/h23,26-28H,2-22,25H2,1H3. The number of unbranched alkanes of at least 4 members (excludes halogenated alkanes) is 13. The summed E-state index contributed by atoms with van der Waals surface area (Å²) in [6, 6.07) is 0. The van der Waals surface area contributed by atoms with Gasteiger partial charge in [0.2, 0.25) is 0 Å². The largest absolute Gasteiger partial charge is 0.396 e. The fraction of sp³-hybridized carbons (Fsp3) is 1.00. The summed E-state index contributed by atoms with van der Waals surface area (Å²) in [6.07, 6.45) is 21.5. The van der Waals surface area contributed by atoms with Crippen LogP contribution < -0.4 is 5.73 Å². The Morgan fingerprint density at radius 2 is 0.964 bits per heavy atom. The summed E-state index contributed by atoms with van der Waals surface area (Å²) in [7, 11) is 0. The van der Waals surface area contributed by atoms with Gasteiger partial charge in [-0.3, -0.25) is 0 Å². The first-order valence-corrected chi connectivity index (χ1v) is 12.3. The molecule has 0 aliphatic rings. The molecule has 0 bridgehead atoms. The van der Waals surface area contributed by atoms with Crippen LogP contribution in [0.3, 0.4) is 0 Å². The minimum Gasteiger partial charge on any atom is -0.396 e. The van der Waals surface area contributed by atoms with Crippen molar-refractivity contribution in [3.63, 3.8) is 0 Å². The molecule has 0 aromatic carbocycles. The molecule has 0 aliphatic carbocycles. The average Bonchev–Trinajstić information content (AvgIpc) is 2.67. The lowest BCUT2D eigenvalue weighted by molar-refractivity contribution is 0.117. The zero-order valence-electron chi connectivity index (χ0n) is 18.8. The van der Waals surface area contributed by atoms with Crippen LogP contribution in [-0.4, -0.2) is 40.7 Å². The normalized spacial score (nSPS) is 13.2. The second-order valence-corrected chi connectivity index (χ2v) is 8.77. The van der Waals surface area contributed by atoms with Crippen LogP contribution in [0.1, 0.15) is 122 Å². The van der Waals surface area contributed by atoms with Gasteiger partial charge in [0.1, 0.15) is 0 Å². The summed E-state index contributed by atoms with van der Waals surface area (Å²) in [5, 5.41) is 28.0. The predicted octanol–water partition coefficient (Wildman–Crippen LogP) is 5.32. The van der Waals surface area contributed by atoms with Gasteiger partial charge in [0, 0.05) is 25.4 Å². The van der Waals surface area contributed by atoms with E-state index in [4.69, 9.17) is 5.73 Å². The third-order valence-electron chi connectivity index (χ3n) is 6.35. The molecule has 0 rings (SSSR count). The van der Waals surface area contributed by atoms with E-state index < -0.39 is 5.54 Å². The lowest BCUT2D eigenvalue weighted by Gasteiger charge is -2.37. The van der Waals surface area contributed by atoms with Crippen molar-refractivity contribution in [2.75, 3.05) is 19.8 Å². The van der Waals surface area contributed by atoms with Gasteiger partial charge < -0.3 is 21.1 Å². The zero-order chi connectivity index (χ0) is 20.9. The third kappa shape index (κ3) is 14.8. The Hall–Kier alpha value is -0.160. The number of hydrogen-bond acceptors (Lipinski definition) is 4. The molecule has 4 heteroatoms. The van der Waals surface area contributed by atoms with Crippen LogP contribution in [0.5, 0.6) is 0 Å². The van der Waals surface area contributed by atoms with Gasteiger partial charge in [-0.1, -0.05) is 96.8 Å². The molecule has 4 nitrogen and oxygen atoms in total. The van der Waals surface area contributed by atoms with Gasteiger partial charge in [-0.2, -0.15) is 0 Å². The Morgan fingerprint density at radius 1 is 0.571 bits per heavy atom. The summed E-state index contributed by atoms with van der Waals surface area (Å²) in [6.45, 7) is 2.47. The Balaban J connectivity index is 3.70. The van der Waals surface area contributed by atoms with Gasteiger partial charge in [0.25, 0.3) is 0 Å². The van der Waals surface area contributed by atoms with Crippen molar-refractivity contribution < 1.29 is 15.3 Å². The van der Waals surface area contributed by atoms with E-state index in [1.165, 1.54) is 83.5 Å². The molecule has 0 spiro atoms. The van der Waals surface area contributed by atoms with Crippen LogP contribution in [0.25, 0.3) is 0 Å². The van der Waals surface area contributed by atoms with Crippen molar-refractivity contribution in [1.29, 1.82) is 0 Å². The van der Waals surface area contributed by atoms with Crippen molar-refractivity contribution in [3.8, 4) is 0 Å². The quantitative estimate of drug-likeness (QED) is 0.185. The summed E-state index contributed by atoms with van der Waals surface area (Å²) < 4.78 is 0. The van der Waals surface area contributed by atoms with Crippen LogP contribution in [0, 0.1) is 5.92 Å². The Bertz CT molecular complexity index is 306. The van der Waals surface area contributed by atoms with E-state index in [1.54, 1.807) is 0 Å². The molecule has 0 saturated heterocycles. The van der Waals surface area contributed by atoms with Crippen molar-refractivity contribution in [1.82, 2.24) is 0 Å². The van der Waals surface area contributed by atoms with Crippen LogP contribution in [0.2, 0.25) is 0 Å². The monoisotopic (exact) mass is 401 g/mol. The SMILES string of the molecule is CCCCCCCCCCCCCCCCC(CCO)C(N)(CCO)CCO. The number of hydrogen-bond donors (Lipinski definition) is 4. The van der Waals surface area contributed by atoms with Crippen LogP contribution in [0.15, 0.2) is 0 Å². The molecule has 1 atom stereocenters. The molecule has 170 valence electrons. The lowest BCUT2D eigenvalue weighted by Crippen LogP contribution is -2.49. The Labute approximate surface area is 175 Å². The van der Waals surface area contributed by atoms with Crippen molar-refractivity contribution in [2.45, 2.75) is 128 Å². The van der Waals surface area contributed by atoms with E-state index in [2.05, 4.69) is 6.92 Å². The van der Waals surface area contributed by atoms with E-state index in [0.717, 1.165) is 12.8 Å². The molecular formula is C24H51NO3. The highest BCUT2D eigenvalue weighted by atomic mass is 16.3. The minimum absolute atomic E-state index is 0.0389. The summed E-state index contributed by atoms with van der Waals surface area (Å²) in [5.41, 5.74) is 5.92. The molecule has 0 aromatic rings. The van der Waals surface area contributed by atoms with E-state index in [9.17, 15) is 15.3 Å². The fourth-order valence-corrected chi connectivity index (χ4v) is 4.41. The molecule has 1 unspecified atom stereocenters. The van der Waals surface area contributed by atoms with Gasteiger partial charge in [-0.15, -0.1) is 0 Å². The molecule has 0 aliphatic heterocycles. The van der Waals surface area contributed by atoms with E-state index in [1.807, 2.05) is 0 Å². The number of aliphatic hydroxyl groups excluding tert-OH is 3. The molecule has 0 heterocycles. The van der Waals surface area contributed by atoms with Crippen molar-refractivity contribution >= 4 is 0 Å². The van der Waals surface area contributed by atoms with Crippen molar-refractivity contribution in [2.24, 2.45) is 11.7 Å². The zero-order valence-corrected chi connectivity index (χ0v) is 18.8. The smallest absolute Gasteiger partial charge is 0.0448 e. The summed E-state index contributed by atoms with van der Waals surface area (Å²) in [4.78, 5) is 0. The van der Waals surface area contributed by atoms with E-state index >= 15 is 0 Å². The highest BCUT2D eigenvalue weighted by molar-refractivity contribution is 4.91. The number of nitrogens with two attached hydrogens (primary N) is 1. The second-order valence-electron chi connectivity index (χ2n) is 8.77. The predicted molar refractivity (Wildman–Crippen MR) is 120 cm³/mol. The average molecular weight is 402 g/mol. The summed E-state index contributed by atoms with van der Waals surface area (Å²) >= 11 is 0. The highest BCUT2D eigenvalue weighted by Crippen LogP contribution is 2.30. The molecular weight excluding hydrogens is 350 g/mol. The minimum atomic E-state index is -0.553. The fourth-order valence-electron chi connectivity index (χ4n) is 4.41. The van der Waals surface area contributed by atoms with Gasteiger partial charge in [-0.25, -0.2) is 0 Å². The first-order valence-electron chi connectivity index (χ1n) is 12.3. The lowest BCUT2D eigenvalue weighted by atomic mass is 9.75. The van der Waals surface area contributed by atoms with E-state index in [0.29, 0.717) is 19.3 Å². The van der Waals surface area contributed by atoms with Gasteiger partial charge >= 0.3 is 0 Å².